The van der Waals surface area contributed by atoms with Gasteiger partial charge < -0.3 is 14.6 Å². The molecule has 9 heteroatoms. The third kappa shape index (κ3) is 4.42. The topological polar surface area (TPSA) is 102 Å². The molecule has 2 aromatic carbocycles. The van der Waals surface area contributed by atoms with Crippen molar-refractivity contribution in [3.8, 4) is 11.5 Å². The van der Waals surface area contributed by atoms with Crippen LogP contribution in [-0.2, 0) is 9.59 Å². The molecule has 1 fully saturated rings. The minimum atomic E-state index is -0.926. The Hall–Kier alpha value is -4.24. The van der Waals surface area contributed by atoms with Crippen molar-refractivity contribution < 1.29 is 24.2 Å². The minimum absolute atomic E-state index is 0.0294. The van der Waals surface area contributed by atoms with E-state index in [1.165, 1.54) is 28.6 Å². The van der Waals surface area contributed by atoms with Crippen LogP contribution < -0.4 is 14.4 Å². The first-order valence-electron chi connectivity index (χ1n) is 11.9. The monoisotopic (exact) mass is 515 g/mol. The smallest absolute Gasteiger partial charge is 0.301 e. The van der Waals surface area contributed by atoms with E-state index in [1.807, 2.05) is 39.0 Å². The van der Waals surface area contributed by atoms with Gasteiger partial charge in [0.25, 0.3) is 5.78 Å². The molecule has 1 amide bonds. The van der Waals surface area contributed by atoms with Crippen LogP contribution in [0, 0.1) is 6.92 Å². The normalized spacial score (nSPS) is 16.9. The number of aromatic nitrogens is 2. The molecular formula is C28H25N3O5S. The van der Waals surface area contributed by atoms with Crippen LogP contribution in [0.1, 0.15) is 36.6 Å². The molecule has 1 atom stereocenters. The molecule has 0 saturated carbocycles. The highest BCUT2D eigenvalue weighted by Gasteiger charge is 2.48. The van der Waals surface area contributed by atoms with Gasteiger partial charge in [0.05, 0.1) is 35.0 Å². The van der Waals surface area contributed by atoms with Crippen molar-refractivity contribution in [1.29, 1.82) is 0 Å². The Balaban J connectivity index is 1.73. The summed E-state index contributed by atoms with van der Waals surface area (Å²) in [6, 6.07) is 13.3. The van der Waals surface area contributed by atoms with Gasteiger partial charge in [-0.3, -0.25) is 19.5 Å². The number of aliphatic hydroxyl groups excluding tert-OH is 1. The number of aliphatic hydroxyl groups is 1. The molecule has 1 aliphatic rings. The van der Waals surface area contributed by atoms with Crippen molar-refractivity contribution in [1.82, 2.24) is 9.97 Å². The molecule has 8 nitrogen and oxygen atoms in total. The lowest BCUT2D eigenvalue weighted by molar-refractivity contribution is -0.132. The Morgan fingerprint density at radius 2 is 1.73 bits per heavy atom. The van der Waals surface area contributed by atoms with E-state index in [1.54, 1.807) is 30.3 Å². The fourth-order valence-electron chi connectivity index (χ4n) is 4.37. The number of carbonyl (C=O) groups is 2. The van der Waals surface area contributed by atoms with Crippen LogP contribution >= 0.6 is 11.3 Å². The molecule has 37 heavy (non-hydrogen) atoms. The maximum absolute atomic E-state index is 13.5. The van der Waals surface area contributed by atoms with Gasteiger partial charge in [-0.25, -0.2) is 4.98 Å². The number of hydrogen-bond acceptors (Lipinski definition) is 8. The van der Waals surface area contributed by atoms with E-state index < -0.39 is 17.7 Å². The van der Waals surface area contributed by atoms with Crippen molar-refractivity contribution in [3.05, 3.63) is 83.2 Å². The highest BCUT2D eigenvalue weighted by Crippen LogP contribution is 2.45. The van der Waals surface area contributed by atoms with E-state index in [0.717, 1.165) is 15.8 Å². The highest BCUT2D eigenvalue weighted by atomic mass is 32.1. The zero-order valence-electron chi connectivity index (χ0n) is 20.6. The Kier molecular flexibility index (Phi) is 6.62. The summed E-state index contributed by atoms with van der Waals surface area (Å²) in [4.78, 5) is 36.9. The molecule has 1 N–H and O–H groups in total. The number of rotatable bonds is 7. The molecule has 0 aliphatic carbocycles. The van der Waals surface area contributed by atoms with Crippen LogP contribution in [-0.4, -0.2) is 40.0 Å². The lowest BCUT2D eigenvalue weighted by Crippen LogP contribution is -2.29. The molecular weight excluding hydrogens is 490 g/mol. The summed E-state index contributed by atoms with van der Waals surface area (Å²) in [5.74, 6) is -0.798. The largest absolute Gasteiger partial charge is 0.507 e. The number of ketones is 1. The predicted octanol–water partition coefficient (Wildman–Crippen LogP) is 5.42. The number of anilines is 1. The number of benzene rings is 2. The first-order valence-corrected chi connectivity index (χ1v) is 12.7. The molecule has 1 aliphatic heterocycles. The summed E-state index contributed by atoms with van der Waals surface area (Å²) >= 11 is 1.32. The van der Waals surface area contributed by atoms with Crippen molar-refractivity contribution in [2.75, 3.05) is 18.1 Å². The maximum Gasteiger partial charge on any atom is 0.301 e. The second-order valence-corrected chi connectivity index (χ2v) is 9.45. The highest BCUT2D eigenvalue weighted by molar-refractivity contribution is 7.22. The minimum Gasteiger partial charge on any atom is -0.507 e. The summed E-state index contributed by atoms with van der Waals surface area (Å²) in [7, 11) is 0. The second-order valence-electron chi connectivity index (χ2n) is 8.44. The second kappa shape index (κ2) is 10.0. The molecule has 4 aromatic rings. The van der Waals surface area contributed by atoms with Gasteiger partial charge in [-0.1, -0.05) is 23.5 Å². The first kappa shape index (κ1) is 24.5. The van der Waals surface area contributed by atoms with Gasteiger partial charge in [-0.2, -0.15) is 0 Å². The van der Waals surface area contributed by atoms with E-state index in [9.17, 15) is 14.7 Å². The standard InChI is InChI=1S/C28H25N3O5S/c1-4-35-20-9-7-18(15-21(20)36-5-2)24-23(25(32)17-10-12-29-13-11-17)26(33)27(34)31(24)28-30-19-8-6-16(3)14-22(19)37-28/h6-15,24,32H,4-5H2,1-3H3/b25-23+. The van der Waals surface area contributed by atoms with Crippen molar-refractivity contribution in [3.63, 3.8) is 0 Å². The molecule has 1 unspecified atom stereocenters. The zero-order valence-corrected chi connectivity index (χ0v) is 21.4. The van der Waals surface area contributed by atoms with Crippen LogP contribution in [0.5, 0.6) is 11.5 Å². The maximum atomic E-state index is 13.5. The summed E-state index contributed by atoms with van der Waals surface area (Å²) in [6.45, 7) is 6.57. The number of pyridine rings is 1. The molecule has 2 aromatic heterocycles. The van der Waals surface area contributed by atoms with E-state index in [-0.39, 0.29) is 11.3 Å². The lowest BCUT2D eigenvalue weighted by Gasteiger charge is -2.24. The van der Waals surface area contributed by atoms with Crippen LogP contribution in [0.4, 0.5) is 5.13 Å². The number of nitrogens with zero attached hydrogens (tertiary/aromatic N) is 3. The number of amides is 1. The van der Waals surface area contributed by atoms with Gasteiger partial charge in [0, 0.05) is 18.0 Å². The third-order valence-corrected chi connectivity index (χ3v) is 7.04. The van der Waals surface area contributed by atoms with Gasteiger partial charge >= 0.3 is 5.91 Å². The average Bonchev–Trinajstić information content (AvgIpc) is 3.43. The molecule has 188 valence electrons. The Labute approximate surface area is 217 Å². The Morgan fingerprint density at radius 3 is 2.46 bits per heavy atom. The number of carbonyl (C=O) groups excluding carboxylic acids is 2. The first-order chi connectivity index (χ1) is 17.9. The number of aryl methyl sites for hydroxylation is 1. The summed E-state index contributed by atoms with van der Waals surface area (Å²) in [5, 5.41) is 11.6. The SMILES string of the molecule is CCOc1ccc(C2/C(=C(\O)c3ccncc3)C(=O)C(=O)N2c2nc3ccc(C)cc3s2)cc1OCC. The molecule has 1 saturated heterocycles. The van der Waals surface area contributed by atoms with Gasteiger partial charge in [0.15, 0.2) is 16.6 Å². The molecule has 0 bridgehead atoms. The van der Waals surface area contributed by atoms with Crippen LogP contribution in [0.3, 0.4) is 0 Å². The van der Waals surface area contributed by atoms with E-state index >= 15 is 0 Å². The van der Waals surface area contributed by atoms with Gasteiger partial charge in [0.2, 0.25) is 0 Å². The van der Waals surface area contributed by atoms with Gasteiger partial charge in [-0.05, 0) is 68.3 Å². The third-order valence-electron chi connectivity index (χ3n) is 6.02. The number of ether oxygens (including phenoxy) is 2. The van der Waals surface area contributed by atoms with Crippen molar-refractivity contribution in [2.45, 2.75) is 26.8 Å². The van der Waals surface area contributed by atoms with Gasteiger partial charge in [0.1, 0.15) is 5.76 Å². The Morgan fingerprint density at radius 1 is 1.00 bits per heavy atom. The molecule has 0 spiro atoms. The summed E-state index contributed by atoms with van der Waals surface area (Å²) in [6.07, 6.45) is 3.03. The van der Waals surface area contributed by atoms with Crippen molar-refractivity contribution in [2.24, 2.45) is 0 Å². The molecule has 3 heterocycles. The van der Waals surface area contributed by atoms with Crippen LogP contribution in [0.25, 0.3) is 16.0 Å². The lowest BCUT2D eigenvalue weighted by atomic mass is 9.95. The van der Waals surface area contributed by atoms with E-state index in [4.69, 9.17) is 9.47 Å². The number of Topliss-reactive ketones (excluding diaryl/α,β-unsaturated/α-hetero) is 1. The Bertz CT molecular complexity index is 1530. The zero-order chi connectivity index (χ0) is 26.1. The van der Waals surface area contributed by atoms with E-state index in [0.29, 0.717) is 41.0 Å². The molecule has 5 rings (SSSR count). The number of thiazole rings is 1. The number of fused-ring (bicyclic) bond motifs is 1. The number of hydrogen-bond donors (Lipinski definition) is 1. The summed E-state index contributed by atoms with van der Waals surface area (Å²) in [5.41, 5.74) is 2.72. The van der Waals surface area contributed by atoms with E-state index in [2.05, 4.69) is 9.97 Å². The van der Waals surface area contributed by atoms with Gasteiger partial charge in [-0.15, -0.1) is 0 Å². The predicted molar refractivity (Wildman–Crippen MR) is 142 cm³/mol. The quantitative estimate of drug-likeness (QED) is 0.199. The van der Waals surface area contributed by atoms with Crippen LogP contribution in [0.2, 0.25) is 0 Å². The van der Waals surface area contributed by atoms with Crippen molar-refractivity contribution >= 4 is 44.1 Å². The average molecular weight is 516 g/mol. The molecule has 0 radical (unpaired) electrons. The fraction of sp³-hybridized carbons (Fsp3) is 0.214. The van der Waals surface area contributed by atoms with Crippen LogP contribution in [0.15, 0.2) is 66.5 Å². The fourth-order valence-corrected chi connectivity index (χ4v) is 5.46. The summed E-state index contributed by atoms with van der Waals surface area (Å²) < 4.78 is 12.4.